The molecule has 0 saturated heterocycles. The first-order valence-corrected chi connectivity index (χ1v) is 10.7. The highest BCUT2D eigenvalue weighted by Gasteiger charge is 2.13. The summed E-state index contributed by atoms with van der Waals surface area (Å²) in [6.07, 6.45) is 1.70. The number of carbonyl (C=O) groups excluding carboxylic acids is 1. The zero-order valence-corrected chi connectivity index (χ0v) is 19.0. The number of anilines is 2. The minimum absolute atomic E-state index is 0.423. The van der Waals surface area contributed by atoms with Crippen LogP contribution in [0.3, 0.4) is 0 Å². The molecule has 0 unspecified atom stereocenters. The molecule has 0 aliphatic rings. The average molecular weight is 467 g/mol. The molecule has 2 aromatic carbocycles. The third-order valence-electron chi connectivity index (χ3n) is 5.23. The van der Waals surface area contributed by atoms with Gasteiger partial charge in [0.15, 0.2) is 5.65 Å². The molecule has 174 valence electrons. The molecule has 10 heteroatoms. The van der Waals surface area contributed by atoms with Crippen LogP contribution in [0, 0.1) is 0 Å². The fraction of sp³-hybridized carbons (Fsp3) is 0.0800. The van der Waals surface area contributed by atoms with Crippen molar-refractivity contribution < 1.29 is 14.3 Å². The lowest BCUT2D eigenvalue weighted by molar-refractivity contribution is 0.262. The Morgan fingerprint density at radius 3 is 2.57 bits per heavy atom. The Balaban J connectivity index is 1.39. The van der Waals surface area contributed by atoms with Gasteiger partial charge in [0.1, 0.15) is 17.2 Å². The molecule has 3 heterocycles. The number of aromatic nitrogens is 5. The van der Waals surface area contributed by atoms with Crippen LogP contribution in [-0.2, 0) is 0 Å². The fourth-order valence-electron chi connectivity index (χ4n) is 3.55. The van der Waals surface area contributed by atoms with Crippen LogP contribution >= 0.6 is 0 Å². The van der Waals surface area contributed by atoms with Gasteiger partial charge in [-0.05, 0) is 48.5 Å². The SMILES string of the molecule is COc1ccc(OC)c(NC(=O)Nc2cccc(-c3ccc4nnc(-c5ccccn5)n4n3)c2)c1. The van der Waals surface area contributed by atoms with Crippen LogP contribution in [-0.4, -0.2) is 45.0 Å². The molecule has 0 bridgehead atoms. The Bertz CT molecular complexity index is 1500. The Kier molecular flexibility index (Phi) is 5.91. The molecule has 0 saturated carbocycles. The number of methoxy groups -OCH3 is 2. The first kappa shape index (κ1) is 21.8. The molecule has 0 spiro atoms. The van der Waals surface area contributed by atoms with Crippen molar-refractivity contribution in [3.05, 3.63) is 79.0 Å². The number of carbonyl (C=O) groups is 1. The Morgan fingerprint density at radius 1 is 0.857 bits per heavy atom. The second kappa shape index (κ2) is 9.48. The van der Waals surface area contributed by atoms with Gasteiger partial charge < -0.3 is 20.1 Å². The number of nitrogens with one attached hydrogen (secondary N) is 2. The number of rotatable bonds is 6. The molecule has 0 radical (unpaired) electrons. The lowest BCUT2D eigenvalue weighted by Crippen LogP contribution is -2.19. The summed E-state index contributed by atoms with van der Waals surface area (Å²) in [7, 11) is 3.09. The van der Waals surface area contributed by atoms with Gasteiger partial charge in [-0.2, -0.15) is 9.61 Å². The monoisotopic (exact) mass is 467 g/mol. The van der Waals surface area contributed by atoms with Gasteiger partial charge >= 0.3 is 6.03 Å². The standard InChI is InChI=1S/C25H21N7O3/c1-34-18-9-11-22(35-2)21(15-18)28-25(33)27-17-7-5-6-16(14-17)19-10-12-23-29-30-24(32(23)31-19)20-8-3-4-13-26-20/h3-15H,1-2H3,(H2,27,28,33). The van der Waals surface area contributed by atoms with Crippen LogP contribution in [0.4, 0.5) is 16.2 Å². The van der Waals surface area contributed by atoms with Crippen LogP contribution in [0.2, 0.25) is 0 Å². The van der Waals surface area contributed by atoms with Crippen molar-refractivity contribution >= 4 is 23.1 Å². The summed E-state index contributed by atoms with van der Waals surface area (Å²) < 4.78 is 12.2. The van der Waals surface area contributed by atoms with Gasteiger partial charge in [0.05, 0.1) is 25.6 Å². The summed E-state index contributed by atoms with van der Waals surface area (Å²) in [5, 5.41) is 18.7. The normalized spacial score (nSPS) is 10.7. The van der Waals surface area contributed by atoms with Crippen LogP contribution < -0.4 is 20.1 Å². The van der Waals surface area contributed by atoms with Crippen molar-refractivity contribution in [1.82, 2.24) is 24.8 Å². The van der Waals surface area contributed by atoms with E-state index in [1.807, 2.05) is 48.5 Å². The molecule has 0 aliphatic heterocycles. The topological polar surface area (TPSA) is 116 Å². The Morgan fingerprint density at radius 2 is 1.77 bits per heavy atom. The van der Waals surface area contributed by atoms with E-state index in [4.69, 9.17) is 14.6 Å². The maximum Gasteiger partial charge on any atom is 0.323 e. The number of hydrogen-bond donors (Lipinski definition) is 2. The van der Waals surface area contributed by atoms with Gasteiger partial charge in [-0.15, -0.1) is 10.2 Å². The highest BCUT2D eigenvalue weighted by molar-refractivity contribution is 6.01. The molecule has 2 amide bonds. The van der Waals surface area contributed by atoms with Crippen LogP contribution in [0.25, 0.3) is 28.4 Å². The summed E-state index contributed by atoms with van der Waals surface area (Å²) in [6, 6.07) is 21.4. The number of pyridine rings is 1. The molecule has 5 rings (SSSR count). The lowest BCUT2D eigenvalue weighted by atomic mass is 10.1. The van der Waals surface area contributed by atoms with Crippen molar-refractivity contribution in [1.29, 1.82) is 0 Å². The molecule has 35 heavy (non-hydrogen) atoms. The smallest absolute Gasteiger partial charge is 0.323 e. The molecule has 5 aromatic rings. The van der Waals surface area contributed by atoms with Crippen molar-refractivity contribution in [2.24, 2.45) is 0 Å². The third-order valence-corrected chi connectivity index (χ3v) is 5.23. The van der Waals surface area contributed by atoms with Crippen LogP contribution in [0.1, 0.15) is 0 Å². The molecule has 10 nitrogen and oxygen atoms in total. The minimum atomic E-state index is -0.423. The predicted octanol–water partition coefficient (Wildman–Crippen LogP) is 4.51. The summed E-state index contributed by atoms with van der Waals surface area (Å²) in [4.78, 5) is 17.0. The van der Waals surface area contributed by atoms with Crippen molar-refractivity contribution in [3.8, 4) is 34.3 Å². The van der Waals surface area contributed by atoms with Crippen LogP contribution in [0.5, 0.6) is 11.5 Å². The number of ether oxygens (including phenoxy) is 2. The molecular formula is C25H21N7O3. The van der Waals surface area contributed by atoms with E-state index in [1.54, 1.807) is 42.1 Å². The van der Waals surface area contributed by atoms with Gasteiger partial charge in [0.2, 0.25) is 5.82 Å². The molecule has 0 atom stereocenters. The molecular weight excluding hydrogens is 446 g/mol. The van der Waals surface area contributed by atoms with Crippen molar-refractivity contribution in [2.45, 2.75) is 0 Å². The first-order valence-electron chi connectivity index (χ1n) is 10.7. The number of hydrogen-bond acceptors (Lipinski definition) is 7. The average Bonchev–Trinajstić information content (AvgIpc) is 3.32. The third kappa shape index (κ3) is 4.58. The van der Waals surface area contributed by atoms with Gasteiger partial charge in [0.25, 0.3) is 0 Å². The minimum Gasteiger partial charge on any atom is -0.497 e. The largest absolute Gasteiger partial charge is 0.497 e. The maximum absolute atomic E-state index is 12.7. The summed E-state index contributed by atoms with van der Waals surface area (Å²) in [5.74, 6) is 1.66. The summed E-state index contributed by atoms with van der Waals surface area (Å²) in [5.41, 5.74) is 3.86. The molecule has 0 fully saturated rings. The fourth-order valence-corrected chi connectivity index (χ4v) is 3.55. The Labute approximate surface area is 200 Å². The summed E-state index contributed by atoms with van der Waals surface area (Å²) >= 11 is 0. The highest BCUT2D eigenvalue weighted by atomic mass is 16.5. The second-order valence-corrected chi connectivity index (χ2v) is 7.45. The quantitative estimate of drug-likeness (QED) is 0.377. The zero-order chi connectivity index (χ0) is 24.2. The van der Waals surface area contributed by atoms with E-state index < -0.39 is 6.03 Å². The summed E-state index contributed by atoms with van der Waals surface area (Å²) in [6.45, 7) is 0. The number of fused-ring (bicyclic) bond motifs is 1. The Hall–Kier alpha value is -4.99. The van der Waals surface area contributed by atoms with E-state index >= 15 is 0 Å². The van der Waals surface area contributed by atoms with Crippen LogP contribution in [0.15, 0.2) is 79.0 Å². The highest BCUT2D eigenvalue weighted by Crippen LogP contribution is 2.29. The maximum atomic E-state index is 12.7. The number of amides is 2. The number of urea groups is 1. The lowest BCUT2D eigenvalue weighted by Gasteiger charge is -2.13. The van der Waals surface area contributed by atoms with Gasteiger partial charge in [-0.3, -0.25) is 4.98 Å². The van der Waals surface area contributed by atoms with E-state index in [0.29, 0.717) is 45.7 Å². The second-order valence-electron chi connectivity index (χ2n) is 7.45. The first-order chi connectivity index (χ1) is 17.1. The molecule has 3 aromatic heterocycles. The zero-order valence-electron chi connectivity index (χ0n) is 19.0. The molecule has 2 N–H and O–H groups in total. The van der Waals surface area contributed by atoms with Gasteiger partial charge in [-0.25, -0.2) is 4.79 Å². The van der Waals surface area contributed by atoms with Gasteiger partial charge in [0, 0.05) is 23.5 Å². The van der Waals surface area contributed by atoms with Crippen molar-refractivity contribution in [3.63, 3.8) is 0 Å². The van der Waals surface area contributed by atoms with E-state index in [9.17, 15) is 4.79 Å². The van der Waals surface area contributed by atoms with E-state index in [0.717, 1.165) is 5.56 Å². The van der Waals surface area contributed by atoms with Gasteiger partial charge in [-0.1, -0.05) is 18.2 Å². The van der Waals surface area contributed by atoms with Crippen molar-refractivity contribution in [2.75, 3.05) is 24.9 Å². The number of nitrogens with zero attached hydrogens (tertiary/aromatic N) is 5. The predicted molar refractivity (Wildman–Crippen MR) is 132 cm³/mol. The number of benzene rings is 2. The van der Waals surface area contributed by atoms with E-state index in [1.165, 1.54) is 7.11 Å². The molecule has 0 aliphatic carbocycles. The van der Waals surface area contributed by atoms with E-state index in [2.05, 4.69) is 25.8 Å². The van der Waals surface area contributed by atoms with E-state index in [-0.39, 0.29) is 0 Å².